The normalized spacial score (nSPS) is 12.6. The molecule has 3 aromatic rings. The van der Waals surface area contributed by atoms with Crippen LogP contribution in [0, 0.1) is 12.7 Å². The lowest BCUT2D eigenvalue weighted by atomic mass is 10.0. The number of hydrogen-bond acceptors (Lipinski definition) is 4. The Morgan fingerprint density at radius 1 is 0.846 bits per heavy atom. The van der Waals surface area contributed by atoms with E-state index in [1.54, 1.807) is 29.2 Å². The molecule has 0 aliphatic rings. The third kappa shape index (κ3) is 8.73. The van der Waals surface area contributed by atoms with Crippen LogP contribution < -0.4 is 5.73 Å². The van der Waals surface area contributed by atoms with Gasteiger partial charge in [-0.3, -0.25) is 9.59 Å². The second kappa shape index (κ2) is 14.6. The molecule has 3 N–H and O–H groups in total. The SMILES string of the molecule is CCCN(CCC)C(=O)c1cc(C)cc(C(=O)N(Cc2ccccc2)C[C@@H](O)[C@@H](N)Cc2ccc(F)cc2)c1. The minimum Gasteiger partial charge on any atom is -0.390 e. The number of carbonyl (C=O) groups excluding carboxylic acids is 2. The molecule has 2 amide bonds. The Bertz CT molecular complexity index is 1210. The highest BCUT2D eigenvalue weighted by atomic mass is 19.1. The zero-order valence-electron chi connectivity index (χ0n) is 23.1. The van der Waals surface area contributed by atoms with E-state index in [-0.39, 0.29) is 30.7 Å². The number of aliphatic hydroxyl groups is 1. The summed E-state index contributed by atoms with van der Waals surface area (Å²) in [5, 5.41) is 11.0. The number of aryl methyl sites for hydroxylation is 1. The van der Waals surface area contributed by atoms with Gasteiger partial charge >= 0.3 is 0 Å². The number of rotatable bonds is 13. The molecule has 208 valence electrons. The summed E-state index contributed by atoms with van der Waals surface area (Å²) >= 11 is 0. The van der Waals surface area contributed by atoms with Gasteiger partial charge < -0.3 is 20.6 Å². The smallest absolute Gasteiger partial charge is 0.254 e. The van der Waals surface area contributed by atoms with E-state index in [4.69, 9.17) is 5.73 Å². The molecule has 0 unspecified atom stereocenters. The molecule has 0 bridgehead atoms. The van der Waals surface area contributed by atoms with Crippen LogP contribution in [-0.2, 0) is 13.0 Å². The number of halogens is 1. The van der Waals surface area contributed by atoms with Gasteiger partial charge in [0.05, 0.1) is 6.10 Å². The predicted molar refractivity (Wildman–Crippen MR) is 153 cm³/mol. The number of hydrogen-bond donors (Lipinski definition) is 2. The van der Waals surface area contributed by atoms with Gasteiger partial charge in [-0.05, 0) is 73.2 Å². The van der Waals surface area contributed by atoms with Crippen molar-refractivity contribution < 1.29 is 19.1 Å². The summed E-state index contributed by atoms with van der Waals surface area (Å²) in [6, 6.07) is 20.1. The average Bonchev–Trinajstić information content (AvgIpc) is 2.93. The maximum atomic E-state index is 13.9. The van der Waals surface area contributed by atoms with Gasteiger partial charge in [0.2, 0.25) is 0 Å². The summed E-state index contributed by atoms with van der Waals surface area (Å²) < 4.78 is 13.3. The van der Waals surface area contributed by atoms with E-state index in [0.29, 0.717) is 30.6 Å². The fourth-order valence-electron chi connectivity index (χ4n) is 4.66. The molecular weight excluding hydrogens is 493 g/mol. The summed E-state index contributed by atoms with van der Waals surface area (Å²) in [6.07, 6.45) is 1.02. The molecule has 0 heterocycles. The van der Waals surface area contributed by atoms with Crippen LogP contribution in [0.3, 0.4) is 0 Å². The third-order valence-electron chi connectivity index (χ3n) is 6.64. The van der Waals surface area contributed by atoms with Crippen molar-refractivity contribution in [2.75, 3.05) is 19.6 Å². The van der Waals surface area contributed by atoms with Crippen molar-refractivity contribution in [1.82, 2.24) is 9.80 Å². The van der Waals surface area contributed by atoms with Crippen molar-refractivity contribution in [3.63, 3.8) is 0 Å². The van der Waals surface area contributed by atoms with Crippen LogP contribution in [0.1, 0.15) is 64.1 Å². The maximum Gasteiger partial charge on any atom is 0.254 e. The highest BCUT2D eigenvalue weighted by Gasteiger charge is 2.25. The van der Waals surface area contributed by atoms with Gasteiger partial charge in [-0.1, -0.05) is 56.3 Å². The summed E-state index contributed by atoms with van der Waals surface area (Å²) in [4.78, 5) is 30.5. The van der Waals surface area contributed by atoms with E-state index in [1.807, 2.05) is 62.1 Å². The number of carbonyl (C=O) groups is 2. The molecule has 3 aromatic carbocycles. The molecule has 0 aliphatic carbocycles. The molecule has 7 heteroatoms. The van der Waals surface area contributed by atoms with E-state index in [9.17, 15) is 19.1 Å². The standard InChI is InChI=1S/C32H40FN3O3/c1-4-15-35(16-5-2)31(38)26-17-23(3)18-27(20-26)32(39)36(21-25-9-7-6-8-10-25)22-30(37)29(34)19-24-11-13-28(33)14-12-24/h6-14,17-18,20,29-30,37H,4-5,15-16,19,21-22,34H2,1-3H3/t29-,30+/m0/s1. The van der Waals surface area contributed by atoms with Crippen molar-refractivity contribution in [3.8, 4) is 0 Å². The molecule has 3 rings (SSSR count). The van der Waals surface area contributed by atoms with Crippen LogP contribution >= 0.6 is 0 Å². The summed E-state index contributed by atoms with van der Waals surface area (Å²) in [6.45, 7) is 7.53. The van der Waals surface area contributed by atoms with Crippen molar-refractivity contribution in [1.29, 1.82) is 0 Å². The van der Waals surface area contributed by atoms with E-state index in [0.717, 1.165) is 29.5 Å². The number of amides is 2. The Morgan fingerprint density at radius 2 is 1.41 bits per heavy atom. The van der Waals surface area contributed by atoms with Gasteiger partial charge in [-0.15, -0.1) is 0 Å². The third-order valence-corrected chi connectivity index (χ3v) is 6.64. The van der Waals surface area contributed by atoms with Crippen molar-refractivity contribution in [2.45, 2.75) is 58.7 Å². The van der Waals surface area contributed by atoms with Crippen LogP contribution in [0.4, 0.5) is 4.39 Å². The predicted octanol–water partition coefficient (Wildman–Crippen LogP) is 4.97. The lowest BCUT2D eigenvalue weighted by Gasteiger charge is -2.29. The summed E-state index contributed by atoms with van der Waals surface area (Å²) in [5.74, 6) is -0.717. The van der Waals surface area contributed by atoms with Crippen molar-refractivity contribution in [3.05, 3.63) is 106 Å². The zero-order chi connectivity index (χ0) is 28.4. The molecular formula is C32H40FN3O3. The molecule has 0 fully saturated rings. The van der Waals surface area contributed by atoms with Gasteiger partial charge in [0, 0.05) is 43.3 Å². The largest absolute Gasteiger partial charge is 0.390 e. The first-order valence-corrected chi connectivity index (χ1v) is 13.6. The Labute approximate surface area is 231 Å². The first-order valence-electron chi connectivity index (χ1n) is 13.6. The molecule has 0 saturated carbocycles. The van der Waals surface area contributed by atoms with Crippen LogP contribution in [-0.4, -0.2) is 58.5 Å². The molecule has 39 heavy (non-hydrogen) atoms. The minimum absolute atomic E-state index is 0.00506. The fourth-order valence-corrected chi connectivity index (χ4v) is 4.66. The van der Waals surface area contributed by atoms with Crippen molar-refractivity contribution >= 4 is 11.8 Å². The van der Waals surface area contributed by atoms with Gasteiger partial charge in [-0.2, -0.15) is 0 Å². The summed E-state index contributed by atoms with van der Waals surface area (Å²) in [5.41, 5.74) is 9.70. The fraction of sp³-hybridized carbons (Fsp3) is 0.375. The minimum atomic E-state index is -1.02. The van der Waals surface area contributed by atoms with E-state index in [2.05, 4.69) is 0 Å². The molecule has 2 atom stereocenters. The average molecular weight is 534 g/mol. The number of aliphatic hydroxyl groups excluding tert-OH is 1. The first-order chi connectivity index (χ1) is 18.7. The van der Waals surface area contributed by atoms with E-state index >= 15 is 0 Å². The highest BCUT2D eigenvalue weighted by molar-refractivity contribution is 6.00. The Hall–Kier alpha value is -3.55. The van der Waals surface area contributed by atoms with Gasteiger partial charge in [0.25, 0.3) is 11.8 Å². The van der Waals surface area contributed by atoms with Crippen LogP contribution in [0.5, 0.6) is 0 Å². The van der Waals surface area contributed by atoms with Crippen LogP contribution in [0.25, 0.3) is 0 Å². The molecule has 0 aromatic heterocycles. The van der Waals surface area contributed by atoms with E-state index in [1.165, 1.54) is 12.1 Å². The monoisotopic (exact) mass is 533 g/mol. The van der Waals surface area contributed by atoms with Gasteiger partial charge in [-0.25, -0.2) is 4.39 Å². The first kappa shape index (κ1) is 30.0. The molecule has 0 saturated heterocycles. The number of nitrogens with two attached hydrogens (primary N) is 1. The molecule has 0 spiro atoms. The summed E-state index contributed by atoms with van der Waals surface area (Å²) in [7, 11) is 0. The van der Waals surface area contributed by atoms with Gasteiger partial charge in [0.1, 0.15) is 5.82 Å². The number of benzene rings is 3. The van der Waals surface area contributed by atoms with Crippen LogP contribution in [0.15, 0.2) is 72.8 Å². The maximum absolute atomic E-state index is 13.9. The van der Waals surface area contributed by atoms with Crippen molar-refractivity contribution in [2.24, 2.45) is 5.73 Å². The Morgan fingerprint density at radius 3 is 1.97 bits per heavy atom. The number of nitrogens with zero attached hydrogens (tertiary/aromatic N) is 2. The Balaban J connectivity index is 1.86. The second-order valence-corrected chi connectivity index (χ2v) is 10.1. The Kier molecular flexibility index (Phi) is 11.2. The van der Waals surface area contributed by atoms with E-state index < -0.39 is 12.1 Å². The molecule has 0 aliphatic heterocycles. The van der Waals surface area contributed by atoms with Crippen LogP contribution in [0.2, 0.25) is 0 Å². The lowest BCUT2D eigenvalue weighted by Crippen LogP contribution is -2.46. The second-order valence-electron chi connectivity index (χ2n) is 10.1. The zero-order valence-corrected chi connectivity index (χ0v) is 23.1. The quantitative estimate of drug-likeness (QED) is 0.325. The molecule has 6 nitrogen and oxygen atoms in total. The van der Waals surface area contributed by atoms with Gasteiger partial charge in [0.15, 0.2) is 0 Å². The molecule has 0 radical (unpaired) electrons. The highest BCUT2D eigenvalue weighted by Crippen LogP contribution is 2.18. The lowest BCUT2D eigenvalue weighted by molar-refractivity contribution is 0.0554. The topological polar surface area (TPSA) is 86.9 Å².